The molecule has 2 rings (SSSR count). The Morgan fingerprint density at radius 2 is 2.10 bits per heavy atom. The Labute approximate surface area is 124 Å². The van der Waals surface area contributed by atoms with Gasteiger partial charge in [-0.3, -0.25) is 4.79 Å². The molecule has 1 fully saturated rings. The Balaban J connectivity index is 1.91. The number of amides is 1. The van der Waals surface area contributed by atoms with Gasteiger partial charge in [0.1, 0.15) is 11.5 Å². The van der Waals surface area contributed by atoms with Crippen LogP contribution >= 0.6 is 11.6 Å². The van der Waals surface area contributed by atoms with Crippen LogP contribution in [0.2, 0.25) is 0 Å². The minimum atomic E-state index is -0.269. The van der Waals surface area contributed by atoms with E-state index in [-0.39, 0.29) is 22.6 Å². The van der Waals surface area contributed by atoms with Gasteiger partial charge in [-0.1, -0.05) is 0 Å². The van der Waals surface area contributed by atoms with E-state index >= 15 is 0 Å². The van der Waals surface area contributed by atoms with E-state index in [0.29, 0.717) is 18.2 Å². The lowest BCUT2D eigenvalue weighted by Gasteiger charge is -2.25. The maximum absolute atomic E-state index is 12.1. The van der Waals surface area contributed by atoms with E-state index in [2.05, 4.69) is 5.32 Å². The van der Waals surface area contributed by atoms with E-state index in [1.54, 1.807) is 12.1 Å². The number of carbonyl (C=O) groups is 1. The van der Waals surface area contributed by atoms with Gasteiger partial charge in [-0.25, -0.2) is 0 Å². The molecule has 1 aromatic carbocycles. The van der Waals surface area contributed by atoms with Crippen LogP contribution in [0.1, 0.15) is 36.0 Å². The first-order chi connectivity index (χ1) is 9.60. The summed E-state index contributed by atoms with van der Waals surface area (Å²) in [5.74, 6) is 0.722. The molecule has 0 aromatic heterocycles. The number of phenolic OH excluding ortho intramolecular Hbond substituents is 1. The largest absolute Gasteiger partial charge is 0.507 e. The van der Waals surface area contributed by atoms with Crippen LogP contribution in [0.25, 0.3) is 0 Å². The fraction of sp³-hybridized carbons (Fsp3) is 0.533. The summed E-state index contributed by atoms with van der Waals surface area (Å²) in [7, 11) is 1.53. The molecule has 0 radical (unpaired) electrons. The van der Waals surface area contributed by atoms with Crippen LogP contribution in [0.5, 0.6) is 11.5 Å². The van der Waals surface area contributed by atoms with Gasteiger partial charge < -0.3 is 15.2 Å². The Hall–Kier alpha value is -1.42. The molecular formula is C15H20ClNO3. The first kappa shape index (κ1) is 15.0. The monoisotopic (exact) mass is 297 g/mol. The average molecular weight is 298 g/mol. The van der Waals surface area contributed by atoms with Crippen LogP contribution in [0.15, 0.2) is 18.2 Å². The molecule has 0 spiro atoms. The Morgan fingerprint density at radius 3 is 2.75 bits per heavy atom. The van der Waals surface area contributed by atoms with Crippen molar-refractivity contribution in [2.75, 3.05) is 13.7 Å². The van der Waals surface area contributed by atoms with E-state index in [1.807, 2.05) is 0 Å². The lowest BCUT2D eigenvalue weighted by atomic mass is 9.89. The Bertz CT molecular complexity index is 470. The summed E-state index contributed by atoms with van der Waals surface area (Å²) in [6.07, 6.45) is 4.09. The molecule has 0 unspecified atom stereocenters. The van der Waals surface area contributed by atoms with Gasteiger partial charge in [-0.15, -0.1) is 11.6 Å². The van der Waals surface area contributed by atoms with E-state index in [9.17, 15) is 9.90 Å². The summed E-state index contributed by atoms with van der Waals surface area (Å²) in [5.41, 5.74) is 0.246. The van der Waals surface area contributed by atoms with Crippen molar-refractivity contribution in [1.29, 1.82) is 0 Å². The quantitative estimate of drug-likeness (QED) is 0.840. The molecule has 1 amide bonds. The summed E-state index contributed by atoms with van der Waals surface area (Å²) in [5, 5.41) is 12.9. The Morgan fingerprint density at radius 1 is 1.40 bits per heavy atom. The van der Waals surface area contributed by atoms with E-state index in [1.165, 1.54) is 13.2 Å². The second kappa shape index (κ2) is 6.84. The third-order valence-corrected chi connectivity index (χ3v) is 4.21. The summed E-state index contributed by atoms with van der Waals surface area (Å²) in [6, 6.07) is 4.63. The van der Waals surface area contributed by atoms with E-state index in [0.717, 1.165) is 25.7 Å². The number of ether oxygens (including phenoxy) is 1. The molecule has 1 aliphatic carbocycles. The number of aromatic hydroxyl groups is 1. The fourth-order valence-corrected chi connectivity index (χ4v) is 2.73. The van der Waals surface area contributed by atoms with E-state index in [4.69, 9.17) is 16.3 Å². The number of hydrogen-bond acceptors (Lipinski definition) is 3. The maximum atomic E-state index is 12.1. The molecule has 0 aliphatic heterocycles. The number of alkyl halides is 1. The molecule has 2 N–H and O–H groups in total. The molecule has 1 aliphatic rings. The first-order valence-corrected chi connectivity index (χ1v) is 7.33. The van der Waals surface area contributed by atoms with Crippen LogP contribution in [-0.2, 0) is 0 Å². The van der Waals surface area contributed by atoms with Gasteiger partial charge in [0, 0.05) is 11.9 Å². The van der Waals surface area contributed by atoms with Crippen molar-refractivity contribution in [3.8, 4) is 11.5 Å². The molecule has 5 heteroatoms. The second-order valence-corrected chi connectivity index (χ2v) is 5.83. The highest BCUT2D eigenvalue weighted by Crippen LogP contribution is 2.27. The zero-order valence-electron chi connectivity index (χ0n) is 11.6. The van der Waals surface area contributed by atoms with Crippen molar-refractivity contribution >= 4 is 17.5 Å². The number of hydrogen-bond donors (Lipinski definition) is 2. The molecule has 110 valence electrons. The third kappa shape index (κ3) is 3.79. The van der Waals surface area contributed by atoms with Crippen molar-refractivity contribution in [2.45, 2.75) is 31.1 Å². The summed E-state index contributed by atoms with van der Waals surface area (Å²) < 4.78 is 5.06. The minimum absolute atomic E-state index is 0.0345. The van der Waals surface area contributed by atoms with Gasteiger partial charge in [0.05, 0.1) is 12.7 Å². The van der Waals surface area contributed by atoms with Crippen LogP contribution in [0.3, 0.4) is 0 Å². The first-order valence-electron chi connectivity index (χ1n) is 6.89. The van der Waals surface area contributed by atoms with Crippen LogP contribution in [-0.4, -0.2) is 30.0 Å². The minimum Gasteiger partial charge on any atom is -0.507 e. The summed E-state index contributed by atoms with van der Waals surface area (Å²) in [6.45, 7) is 0.624. The van der Waals surface area contributed by atoms with Crippen LogP contribution in [0.4, 0.5) is 0 Å². The molecule has 1 aromatic rings. The number of halogens is 1. The van der Waals surface area contributed by atoms with E-state index < -0.39 is 0 Å². The highest BCUT2D eigenvalue weighted by atomic mass is 35.5. The smallest absolute Gasteiger partial charge is 0.255 e. The highest BCUT2D eigenvalue weighted by molar-refractivity contribution is 6.20. The van der Waals surface area contributed by atoms with Crippen molar-refractivity contribution in [3.05, 3.63) is 23.8 Å². The number of nitrogens with one attached hydrogen (secondary N) is 1. The lowest BCUT2D eigenvalue weighted by molar-refractivity contribution is 0.0940. The number of rotatable bonds is 4. The fourth-order valence-electron chi connectivity index (χ4n) is 2.48. The molecule has 0 atom stereocenters. The number of phenols is 1. The lowest BCUT2D eigenvalue weighted by Crippen LogP contribution is -2.31. The molecular weight excluding hydrogens is 278 g/mol. The maximum Gasteiger partial charge on any atom is 0.255 e. The van der Waals surface area contributed by atoms with Crippen molar-refractivity contribution in [1.82, 2.24) is 5.32 Å². The molecule has 4 nitrogen and oxygen atoms in total. The number of benzene rings is 1. The van der Waals surface area contributed by atoms with Crippen LogP contribution < -0.4 is 10.1 Å². The van der Waals surface area contributed by atoms with Crippen molar-refractivity contribution < 1.29 is 14.6 Å². The third-order valence-electron chi connectivity index (χ3n) is 3.78. The number of carbonyl (C=O) groups excluding carboxylic acids is 1. The molecule has 20 heavy (non-hydrogen) atoms. The zero-order valence-corrected chi connectivity index (χ0v) is 12.3. The van der Waals surface area contributed by atoms with Crippen molar-refractivity contribution in [2.24, 2.45) is 5.92 Å². The van der Waals surface area contributed by atoms with Gasteiger partial charge >= 0.3 is 0 Å². The van der Waals surface area contributed by atoms with Gasteiger partial charge in [-0.05, 0) is 49.8 Å². The van der Waals surface area contributed by atoms with Gasteiger partial charge in [0.2, 0.25) is 0 Å². The average Bonchev–Trinajstić information content (AvgIpc) is 2.47. The van der Waals surface area contributed by atoms with Gasteiger partial charge in [-0.2, -0.15) is 0 Å². The summed E-state index contributed by atoms with van der Waals surface area (Å²) >= 11 is 6.06. The predicted molar refractivity (Wildman–Crippen MR) is 78.6 cm³/mol. The number of methoxy groups -OCH3 is 1. The van der Waals surface area contributed by atoms with Gasteiger partial charge in [0.25, 0.3) is 5.91 Å². The SMILES string of the molecule is COc1ccc(O)c(C(=O)NCC2CCC(Cl)CC2)c1. The second-order valence-electron chi connectivity index (χ2n) is 5.21. The van der Waals surface area contributed by atoms with Crippen LogP contribution in [0, 0.1) is 5.92 Å². The molecule has 1 saturated carbocycles. The Kier molecular flexibility index (Phi) is 5.12. The molecule has 0 saturated heterocycles. The topological polar surface area (TPSA) is 58.6 Å². The standard InChI is InChI=1S/C15H20ClNO3/c1-20-12-6-7-14(18)13(8-12)15(19)17-9-10-2-4-11(16)5-3-10/h6-8,10-11,18H,2-5,9H2,1H3,(H,17,19). The predicted octanol–water partition coefficient (Wildman–Crippen LogP) is 2.93. The summed E-state index contributed by atoms with van der Waals surface area (Å²) in [4.78, 5) is 12.1. The zero-order chi connectivity index (χ0) is 14.5. The highest BCUT2D eigenvalue weighted by Gasteiger charge is 2.20. The van der Waals surface area contributed by atoms with Gasteiger partial charge in [0.15, 0.2) is 0 Å². The molecule has 0 heterocycles. The van der Waals surface area contributed by atoms with Crippen molar-refractivity contribution in [3.63, 3.8) is 0 Å². The molecule has 0 bridgehead atoms. The normalized spacial score (nSPS) is 22.3.